The minimum atomic E-state index is -0.520. The molecule has 1 saturated carbocycles. The van der Waals surface area contributed by atoms with E-state index in [-0.39, 0.29) is 17.9 Å². The third-order valence-corrected chi connectivity index (χ3v) is 7.80. The first-order valence-electron chi connectivity index (χ1n) is 14.6. The molecular weight excluding hydrogens is 502 g/mol. The summed E-state index contributed by atoms with van der Waals surface area (Å²) in [5.74, 6) is 1.32. The Morgan fingerprint density at radius 2 is 1.70 bits per heavy atom. The molecule has 5 rings (SSSR count). The van der Waals surface area contributed by atoms with Gasteiger partial charge in [0.2, 0.25) is 5.95 Å². The van der Waals surface area contributed by atoms with Crippen LogP contribution in [0.3, 0.4) is 0 Å². The quantitative estimate of drug-likeness (QED) is 0.374. The van der Waals surface area contributed by atoms with Gasteiger partial charge < -0.3 is 15.0 Å². The van der Waals surface area contributed by atoms with Crippen molar-refractivity contribution in [1.82, 2.24) is 14.9 Å². The topological polar surface area (TPSA) is 87.7 Å². The molecule has 2 heterocycles. The zero-order chi connectivity index (χ0) is 28.1. The van der Waals surface area contributed by atoms with Crippen LogP contribution in [-0.4, -0.2) is 58.1 Å². The number of ether oxygens (including phenoxy) is 1. The average Bonchev–Trinajstić information content (AvgIpc) is 2.95. The largest absolute Gasteiger partial charge is 0.444 e. The van der Waals surface area contributed by atoms with Crippen LogP contribution in [-0.2, 0) is 4.74 Å². The minimum Gasteiger partial charge on any atom is -0.444 e. The Hall–Kier alpha value is -3.68. The van der Waals surface area contributed by atoms with Gasteiger partial charge in [-0.15, -0.1) is 0 Å². The van der Waals surface area contributed by atoms with Crippen LogP contribution in [0.25, 0.3) is 10.8 Å². The summed E-state index contributed by atoms with van der Waals surface area (Å²) in [5.41, 5.74) is 0.109. The Morgan fingerprint density at radius 3 is 2.42 bits per heavy atom. The molecule has 8 nitrogen and oxygen atoms in total. The molecule has 1 saturated heterocycles. The van der Waals surface area contributed by atoms with Gasteiger partial charge in [0.1, 0.15) is 11.4 Å². The zero-order valence-corrected chi connectivity index (χ0v) is 23.9. The lowest BCUT2D eigenvalue weighted by Gasteiger charge is -2.35. The van der Waals surface area contributed by atoms with Crippen molar-refractivity contribution in [2.24, 2.45) is 5.92 Å². The molecule has 40 heavy (non-hydrogen) atoms. The summed E-state index contributed by atoms with van der Waals surface area (Å²) in [4.78, 5) is 39.5. The fraction of sp³-hybridized carbons (Fsp3) is 0.500. The molecule has 2 fully saturated rings. The summed E-state index contributed by atoms with van der Waals surface area (Å²) >= 11 is 0. The van der Waals surface area contributed by atoms with Gasteiger partial charge >= 0.3 is 6.09 Å². The molecule has 212 valence electrons. The predicted molar refractivity (Wildman–Crippen MR) is 159 cm³/mol. The molecular formula is C32H41N5O3. The molecule has 0 radical (unpaired) electrons. The van der Waals surface area contributed by atoms with Crippen LogP contribution in [0.5, 0.6) is 0 Å². The number of likely N-dealkylation sites (tertiary alicyclic amines) is 1. The maximum Gasteiger partial charge on any atom is 0.410 e. The number of nitrogens with zero attached hydrogens (tertiary/aromatic N) is 4. The molecule has 1 N–H and O–H groups in total. The van der Waals surface area contributed by atoms with E-state index in [1.54, 1.807) is 16.0 Å². The molecule has 1 aromatic heterocycles. The lowest BCUT2D eigenvalue weighted by atomic mass is 9.95. The number of anilines is 2. The number of hydrogen-bond acceptors (Lipinski definition) is 6. The molecule has 8 heteroatoms. The smallest absolute Gasteiger partial charge is 0.410 e. The number of amides is 2. The number of piperidine rings is 1. The SMILES string of the molecule is CC(C)(C)OC(=O)N1CCC(CN(C(=O)c2ccc3ccccc3c2)c2ccnc(NC3CCCCC3)n2)CC1. The van der Waals surface area contributed by atoms with Crippen molar-refractivity contribution in [3.8, 4) is 0 Å². The van der Waals surface area contributed by atoms with E-state index in [4.69, 9.17) is 9.72 Å². The van der Waals surface area contributed by atoms with Gasteiger partial charge in [-0.1, -0.05) is 49.6 Å². The first-order chi connectivity index (χ1) is 19.2. The summed E-state index contributed by atoms with van der Waals surface area (Å²) in [7, 11) is 0. The van der Waals surface area contributed by atoms with Crippen molar-refractivity contribution in [3.63, 3.8) is 0 Å². The summed E-state index contributed by atoms with van der Waals surface area (Å²) in [6, 6.07) is 16.1. The van der Waals surface area contributed by atoms with Gasteiger partial charge in [-0.3, -0.25) is 9.69 Å². The molecule has 1 aliphatic carbocycles. The van der Waals surface area contributed by atoms with Gasteiger partial charge in [-0.25, -0.2) is 9.78 Å². The van der Waals surface area contributed by atoms with Crippen molar-refractivity contribution in [2.45, 2.75) is 77.4 Å². The van der Waals surface area contributed by atoms with Crippen molar-refractivity contribution in [2.75, 3.05) is 29.9 Å². The Bertz CT molecular complexity index is 1320. The number of nitrogens with one attached hydrogen (secondary N) is 1. The van der Waals surface area contributed by atoms with Crippen molar-refractivity contribution in [1.29, 1.82) is 0 Å². The average molecular weight is 544 g/mol. The Balaban J connectivity index is 1.35. The number of rotatable bonds is 6. The number of benzene rings is 2. The van der Waals surface area contributed by atoms with Gasteiger partial charge in [-0.05, 0) is 81.3 Å². The lowest BCUT2D eigenvalue weighted by Crippen LogP contribution is -2.45. The molecule has 2 amide bonds. The fourth-order valence-electron chi connectivity index (χ4n) is 5.64. The van der Waals surface area contributed by atoms with Gasteiger partial charge in [0, 0.05) is 37.4 Å². The highest BCUT2D eigenvalue weighted by atomic mass is 16.6. The second-order valence-electron chi connectivity index (χ2n) is 12.1. The number of carbonyl (C=O) groups excluding carboxylic acids is 2. The maximum atomic E-state index is 14.1. The second kappa shape index (κ2) is 12.2. The molecule has 0 unspecified atom stereocenters. The summed E-state index contributed by atoms with van der Waals surface area (Å²) in [6.07, 6.45) is 8.98. The van der Waals surface area contributed by atoms with E-state index in [0.29, 0.717) is 43.0 Å². The highest BCUT2D eigenvalue weighted by Crippen LogP contribution is 2.27. The highest BCUT2D eigenvalue weighted by molar-refractivity contribution is 6.07. The van der Waals surface area contributed by atoms with Crippen LogP contribution in [0.2, 0.25) is 0 Å². The summed E-state index contributed by atoms with van der Waals surface area (Å²) in [5, 5.41) is 5.63. The molecule has 3 aromatic rings. The Labute approximate surface area is 237 Å². The number of fused-ring (bicyclic) bond motifs is 1. The van der Waals surface area contributed by atoms with E-state index in [1.807, 2.05) is 69.3 Å². The first-order valence-corrected chi connectivity index (χ1v) is 14.6. The Kier molecular flexibility index (Phi) is 8.52. The van der Waals surface area contributed by atoms with Crippen LogP contribution in [0.4, 0.5) is 16.6 Å². The van der Waals surface area contributed by atoms with Gasteiger partial charge in [-0.2, -0.15) is 4.98 Å². The van der Waals surface area contributed by atoms with Crippen molar-refractivity contribution in [3.05, 3.63) is 60.3 Å². The van der Waals surface area contributed by atoms with E-state index in [9.17, 15) is 9.59 Å². The monoisotopic (exact) mass is 543 g/mol. The standard InChI is InChI=1S/C32H41N5O3/c1-32(2,3)40-31(39)36-19-16-23(17-20-36)22-37(29(38)26-14-13-24-9-7-8-10-25(24)21-26)28-15-18-33-30(35-28)34-27-11-5-4-6-12-27/h7-10,13-15,18,21,23,27H,4-6,11-12,16-17,19-20,22H2,1-3H3,(H,33,34,35). The van der Waals surface area contributed by atoms with Gasteiger partial charge in [0.15, 0.2) is 0 Å². The third kappa shape index (κ3) is 7.09. The minimum absolute atomic E-state index is 0.0809. The highest BCUT2D eigenvalue weighted by Gasteiger charge is 2.30. The molecule has 0 spiro atoms. The predicted octanol–water partition coefficient (Wildman–Crippen LogP) is 6.67. The normalized spacial score (nSPS) is 17.0. The zero-order valence-electron chi connectivity index (χ0n) is 23.9. The number of carbonyl (C=O) groups is 2. The van der Waals surface area contributed by atoms with E-state index >= 15 is 0 Å². The number of aromatic nitrogens is 2. The molecule has 0 atom stereocenters. The van der Waals surface area contributed by atoms with Crippen LogP contribution < -0.4 is 10.2 Å². The molecule has 1 aliphatic heterocycles. The van der Waals surface area contributed by atoms with Gasteiger partial charge in [0.05, 0.1) is 0 Å². The van der Waals surface area contributed by atoms with Gasteiger partial charge in [0.25, 0.3) is 5.91 Å². The summed E-state index contributed by atoms with van der Waals surface area (Å²) in [6.45, 7) is 7.38. The van der Waals surface area contributed by atoms with E-state index in [2.05, 4.69) is 10.3 Å². The van der Waals surface area contributed by atoms with Crippen LogP contribution in [0, 0.1) is 5.92 Å². The van der Waals surface area contributed by atoms with E-state index < -0.39 is 5.60 Å². The summed E-state index contributed by atoms with van der Waals surface area (Å²) < 4.78 is 5.57. The Morgan fingerprint density at radius 1 is 0.975 bits per heavy atom. The fourth-order valence-corrected chi connectivity index (χ4v) is 5.64. The van der Waals surface area contributed by atoms with Crippen LogP contribution in [0.15, 0.2) is 54.7 Å². The number of hydrogen-bond donors (Lipinski definition) is 1. The van der Waals surface area contributed by atoms with E-state index in [0.717, 1.165) is 36.5 Å². The first kappa shape index (κ1) is 27.9. The maximum absolute atomic E-state index is 14.1. The van der Waals surface area contributed by atoms with E-state index in [1.165, 1.54) is 19.3 Å². The lowest BCUT2D eigenvalue weighted by molar-refractivity contribution is 0.0185. The van der Waals surface area contributed by atoms with Crippen LogP contribution in [0.1, 0.15) is 76.1 Å². The third-order valence-electron chi connectivity index (χ3n) is 7.80. The second-order valence-corrected chi connectivity index (χ2v) is 12.1. The van der Waals surface area contributed by atoms with Crippen LogP contribution >= 0.6 is 0 Å². The van der Waals surface area contributed by atoms with Crippen molar-refractivity contribution < 1.29 is 14.3 Å². The molecule has 2 aliphatic rings. The van der Waals surface area contributed by atoms with Crippen molar-refractivity contribution >= 4 is 34.5 Å². The molecule has 0 bridgehead atoms. The molecule has 2 aromatic carbocycles.